The van der Waals surface area contributed by atoms with Gasteiger partial charge in [0, 0.05) is 18.0 Å². The van der Waals surface area contributed by atoms with Gasteiger partial charge in [-0.1, -0.05) is 48.4 Å². The maximum absolute atomic E-state index is 5.71. The van der Waals surface area contributed by atoms with Crippen molar-refractivity contribution in [1.29, 1.82) is 0 Å². The first-order chi connectivity index (χ1) is 6.69. The summed E-state index contributed by atoms with van der Waals surface area (Å²) in [4.78, 5) is 0. The lowest BCUT2D eigenvalue weighted by molar-refractivity contribution is 0.858. The lowest BCUT2D eigenvalue weighted by Gasteiger charge is -2.14. The van der Waals surface area contributed by atoms with Crippen LogP contribution >= 0.6 is 11.6 Å². The average molecular weight is 210 g/mol. The molecule has 2 N–H and O–H groups in total. The molecule has 0 saturated carbocycles. The fourth-order valence-electron chi connectivity index (χ4n) is 1.47. The Morgan fingerprint density at radius 3 is 2.79 bits per heavy atom. The van der Waals surface area contributed by atoms with E-state index in [-0.39, 0.29) is 0 Å². The molecule has 0 aromatic heterocycles. The summed E-state index contributed by atoms with van der Waals surface area (Å²) >= 11 is 5.71. The Morgan fingerprint density at radius 2 is 2.29 bits per heavy atom. The van der Waals surface area contributed by atoms with Gasteiger partial charge in [0.2, 0.25) is 0 Å². The number of hydrogen-bond donors (Lipinski definition) is 1. The quantitative estimate of drug-likeness (QED) is 0.813. The standard InChI is InChI=1S/C12H16ClN/c1-9-4-3-5-11(6-9)10(2)12(7-13)8-14/h3-7,10H,8,14H2,1-2H3/b12-7+. The summed E-state index contributed by atoms with van der Waals surface area (Å²) < 4.78 is 0. The number of nitrogens with two attached hydrogens (primary N) is 1. The normalized spacial score (nSPS) is 14.1. The van der Waals surface area contributed by atoms with Crippen molar-refractivity contribution in [2.24, 2.45) is 5.73 Å². The third-order valence-corrected chi connectivity index (χ3v) is 2.75. The molecule has 1 aromatic rings. The highest BCUT2D eigenvalue weighted by Crippen LogP contribution is 2.24. The Hall–Kier alpha value is -0.790. The predicted octanol–water partition coefficient (Wildman–Crippen LogP) is 3.18. The van der Waals surface area contributed by atoms with Gasteiger partial charge in [-0.25, -0.2) is 0 Å². The van der Waals surface area contributed by atoms with Crippen LogP contribution in [0.4, 0.5) is 0 Å². The molecule has 1 unspecified atom stereocenters. The van der Waals surface area contributed by atoms with E-state index in [0.717, 1.165) is 5.57 Å². The molecule has 1 rings (SSSR count). The molecule has 1 aromatic carbocycles. The molecular formula is C12H16ClN. The van der Waals surface area contributed by atoms with E-state index in [4.69, 9.17) is 17.3 Å². The van der Waals surface area contributed by atoms with Crippen molar-refractivity contribution in [3.63, 3.8) is 0 Å². The molecule has 14 heavy (non-hydrogen) atoms. The summed E-state index contributed by atoms with van der Waals surface area (Å²) in [6, 6.07) is 8.42. The number of hydrogen-bond acceptors (Lipinski definition) is 1. The van der Waals surface area contributed by atoms with E-state index in [1.807, 2.05) is 0 Å². The van der Waals surface area contributed by atoms with E-state index in [2.05, 4.69) is 38.1 Å². The first-order valence-electron chi connectivity index (χ1n) is 4.74. The van der Waals surface area contributed by atoms with Crippen molar-refractivity contribution < 1.29 is 0 Å². The molecule has 0 spiro atoms. The Balaban J connectivity index is 2.94. The zero-order valence-electron chi connectivity index (χ0n) is 8.63. The highest BCUT2D eigenvalue weighted by atomic mass is 35.5. The van der Waals surface area contributed by atoms with Crippen molar-refractivity contribution in [3.05, 3.63) is 46.5 Å². The Morgan fingerprint density at radius 1 is 1.57 bits per heavy atom. The molecule has 0 aliphatic heterocycles. The number of rotatable bonds is 3. The van der Waals surface area contributed by atoms with Crippen LogP contribution in [-0.4, -0.2) is 6.54 Å². The first-order valence-corrected chi connectivity index (χ1v) is 5.18. The van der Waals surface area contributed by atoms with Gasteiger partial charge < -0.3 is 5.73 Å². The van der Waals surface area contributed by atoms with Gasteiger partial charge in [-0.05, 0) is 18.1 Å². The summed E-state index contributed by atoms with van der Waals surface area (Å²) in [5.74, 6) is 0.303. The molecule has 0 bridgehead atoms. The van der Waals surface area contributed by atoms with Crippen LogP contribution in [-0.2, 0) is 0 Å². The molecule has 0 radical (unpaired) electrons. The topological polar surface area (TPSA) is 26.0 Å². The molecule has 2 heteroatoms. The fourth-order valence-corrected chi connectivity index (χ4v) is 1.75. The van der Waals surface area contributed by atoms with Crippen LogP contribution in [0.5, 0.6) is 0 Å². The maximum Gasteiger partial charge on any atom is 0.0154 e. The Kier molecular flexibility index (Phi) is 4.18. The van der Waals surface area contributed by atoms with Crippen LogP contribution in [0.3, 0.4) is 0 Å². The first kappa shape index (κ1) is 11.3. The molecule has 1 nitrogen and oxygen atoms in total. The van der Waals surface area contributed by atoms with Crippen LogP contribution in [0.25, 0.3) is 0 Å². The fraction of sp³-hybridized carbons (Fsp3) is 0.333. The summed E-state index contributed by atoms with van der Waals surface area (Å²) in [6.07, 6.45) is 0. The predicted molar refractivity (Wildman–Crippen MR) is 62.6 cm³/mol. The SMILES string of the molecule is Cc1cccc(C(C)/C(=C/Cl)CN)c1. The molecule has 0 aliphatic rings. The van der Waals surface area contributed by atoms with Gasteiger partial charge in [0.1, 0.15) is 0 Å². The van der Waals surface area contributed by atoms with Crippen molar-refractivity contribution in [2.45, 2.75) is 19.8 Å². The van der Waals surface area contributed by atoms with E-state index in [0.29, 0.717) is 12.5 Å². The largest absolute Gasteiger partial charge is 0.327 e. The maximum atomic E-state index is 5.71. The monoisotopic (exact) mass is 209 g/mol. The lowest BCUT2D eigenvalue weighted by atomic mass is 9.93. The zero-order valence-corrected chi connectivity index (χ0v) is 9.38. The van der Waals surface area contributed by atoms with Crippen molar-refractivity contribution >= 4 is 11.6 Å². The van der Waals surface area contributed by atoms with Gasteiger partial charge in [-0.15, -0.1) is 0 Å². The second-order valence-corrected chi connectivity index (χ2v) is 3.74. The molecule has 0 heterocycles. The third-order valence-electron chi connectivity index (χ3n) is 2.47. The molecule has 0 fully saturated rings. The average Bonchev–Trinajstić information content (AvgIpc) is 2.19. The van der Waals surface area contributed by atoms with Crippen LogP contribution in [0.15, 0.2) is 35.4 Å². The van der Waals surface area contributed by atoms with Gasteiger partial charge in [-0.2, -0.15) is 0 Å². The third kappa shape index (κ3) is 2.60. The molecule has 76 valence electrons. The summed E-state index contributed by atoms with van der Waals surface area (Å²) in [5, 5.41) is 0. The number of benzene rings is 1. The summed E-state index contributed by atoms with van der Waals surface area (Å²) in [5.41, 5.74) is 10.8. The van der Waals surface area contributed by atoms with E-state index < -0.39 is 0 Å². The Labute approximate surface area is 90.6 Å². The highest BCUT2D eigenvalue weighted by Gasteiger charge is 2.09. The second kappa shape index (κ2) is 5.18. The number of aryl methyl sites for hydroxylation is 1. The molecule has 0 saturated heterocycles. The second-order valence-electron chi connectivity index (χ2n) is 3.52. The smallest absolute Gasteiger partial charge is 0.0154 e. The zero-order chi connectivity index (χ0) is 10.6. The van der Waals surface area contributed by atoms with Crippen molar-refractivity contribution in [2.75, 3.05) is 6.54 Å². The molecule has 0 aliphatic carbocycles. The highest BCUT2D eigenvalue weighted by molar-refractivity contribution is 6.25. The van der Waals surface area contributed by atoms with Gasteiger partial charge in [0.25, 0.3) is 0 Å². The molecule has 0 amide bonds. The van der Waals surface area contributed by atoms with Gasteiger partial charge >= 0.3 is 0 Å². The van der Waals surface area contributed by atoms with Gasteiger partial charge in [0.15, 0.2) is 0 Å². The van der Waals surface area contributed by atoms with Crippen LogP contribution in [0, 0.1) is 6.92 Å². The molecular weight excluding hydrogens is 194 g/mol. The van der Waals surface area contributed by atoms with E-state index >= 15 is 0 Å². The minimum atomic E-state index is 0.303. The van der Waals surface area contributed by atoms with Crippen LogP contribution in [0.1, 0.15) is 24.0 Å². The summed E-state index contributed by atoms with van der Waals surface area (Å²) in [6.45, 7) is 4.72. The minimum absolute atomic E-state index is 0.303. The van der Waals surface area contributed by atoms with Crippen LogP contribution < -0.4 is 5.73 Å². The number of halogens is 1. The van der Waals surface area contributed by atoms with Crippen LogP contribution in [0.2, 0.25) is 0 Å². The Bertz CT molecular complexity index is 331. The van der Waals surface area contributed by atoms with Gasteiger partial charge in [-0.3, -0.25) is 0 Å². The van der Waals surface area contributed by atoms with Crippen molar-refractivity contribution in [1.82, 2.24) is 0 Å². The van der Waals surface area contributed by atoms with Crippen molar-refractivity contribution in [3.8, 4) is 0 Å². The van der Waals surface area contributed by atoms with E-state index in [1.165, 1.54) is 11.1 Å². The summed E-state index contributed by atoms with van der Waals surface area (Å²) in [7, 11) is 0. The van der Waals surface area contributed by atoms with E-state index in [9.17, 15) is 0 Å². The van der Waals surface area contributed by atoms with Gasteiger partial charge in [0.05, 0.1) is 0 Å². The molecule has 1 atom stereocenters. The lowest BCUT2D eigenvalue weighted by Crippen LogP contribution is -2.09. The minimum Gasteiger partial charge on any atom is -0.327 e. The van der Waals surface area contributed by atoms with E-state index in [1.54, 1.807) is 5.54 Å².